The molecular formula is C34H41NO8. The molecular weight excluding hydrogens is 550 g/mol. The fourth-order valence-corrected chi connectivity index (χ4v) is 5.45. The van der Waals surface area contributed by atoms with Crippen LogP contribution in [0, 0.1) is 0 Å². The number of hydrogen-bond acceptors (Lipinski definition) is 8. The van der Waals surface area contributed by atoms with Gasteiger partial charge < -0.3 is 38.5 Å². The van der Waals surface area contributed by atoms with Crippen LogP contribution in [0.25, 0.3) is 0 Å². The summed E-state index contributed by atoms with van der Waals surface area (Å²) >= 11 is 0. The minimum absolute atomic E-state index is 0.178. The number of ether oxygens (including phenoxy) is 7. The molecule has 0 spiro atoms. The highest BCUT2D eigenvalue weighted by Crippen LogP contribution is 2.40. The van der Waals surface area contributed by atoms with Crippen molar-refractivity contribution in [3.63, 3.8) is 0 Å². The lowest BCUT2D eigenvalue weighted by molar-refractivity contribution is -0.233. The van der Waals surface area contributed by atoms with Crippen molar-refractivity contribution in [2.24, 2.45) is 0 Å². The quantitative estimate of drug-likeness (QED) is 0.264. The Hall–Kier alpha value is -3.47. The third-order valence-electron chi connectivity index (χ3n) is 7.57. The molecule has 0 radical (unpaired) electrons. The van der Waals surface area contributed by atoms with Crippen LogP contribution in [0.15, 0.2) is 78.9 Å². The Morgan fingerprint density at radius 3 is 2.30 bits per heavy atom. The summed E-state index contributed by atoms with van der Waals surface area (Å²) in [5.74, 6) is -0.0565. The Bertz CT molecular complexity index is 1320. The van der Waals surface area contributed by atoms with Crippen molar-refractivity contribution in [1.82, 2.24) is 5.32 Å². The van der Waals surface area contributed by atoms with E-state index in [0.29, 0.717) is 30.3 Å². The molecule has 9 nitrogen and oxygen atoms in total. The molecule has 0 aliphatic carbocycles. The molecule has 1 N–H and O–H groups in total. The molecule has 0 saturated carbocycles. The average Bonchev–Trinajstić information content (AvgIpc) is 3.51. The Labute approximate surface area is 253 Å². The molecule has 2 fully saturated rings. The van der Waals surface area contributed by atoms with Gasteiger partial charge in [-0.3, -0.25) is 4.79 Å². The van der Waals surface area contributed by atoms with Gasteiger partial charge in [-0.25, -0.2) is 0 Å². The maximum absolute atomic E-state index is 13.2. The number of aryl methyl sites for hydroxylation is 1. The number of carbonyl (C=O) groups is 1. The van der Waals surface area contributed by atoms with Gasteiger partial charge in [0.25, 0.3) is 5.91 Å². The summed E-state index contributed by atoms with van der Waals surface area (Å²) in [5.41, 5.74) is 2.70. The van der Waals surface area contributed by atoms with Crippen LogP contribution in [-0.2, 0) is 36.7 Å². The van der Waals surface area contributed by atoms with Crippen LogP contribution in [0.5, 0.6) is 11.5 Å². The number of hydrogen-bond donors (Lipinski definition) is 1. The van der Waals surface area contributed by atoms with Gasteiger partial charge in [0.2, 0.25) is 0 Å². The first-order valence-electron chi connectivity index (χ1n) is 14.7. The molecule has 43 heavy (non-hydrogen) atoms. The van der Waals surface area contributed by atoms with Crippen molar-refractivity contribution < 1.29 is 38.0 Å². The highest BCUT2D eigenvalue weighted by Gasteiger charge is 2.57. The third-order valence-corrected chi connectivity index (χ3v) is 7.57. The van der Waals surface area contributed by atoms with Crippen molar-refractivity contribution in [2.45, 2.75) is 69.8 Å². The van der Waals surface area contributed by atoms with E-state index >= 15 is 0 Å². The van der Waals surface area contributed by atoms with E-state index in [2.05, 4.69) is 17.4 Å². The van der Waals surface area contributed by atoms with E-state index in [-0.39, 0.29) is 12.5 Å². The summed E-state index contributed by atoms with van der Waals surface area (Å²) in [6.45, 7) is 4.75. The van der Waals surface area contributed by atoms with Crippen LogP contribution in [0.2, 0.25) is 0 Å². The maximum Gasteiger partial charge on any atom is 0.251 e. The molecule has 5 atom stereocenters. The lowest BCUT2D eigenvalue weighted by atomic mass is 10.0. The summed E-state index contributed by atoms with van der Waals surface area (Å²) in [4.78, 5) is 13.2. The summed E-state index contributed by atoms with van der Waals surface area (Å²) in [6, 6.07) is 25.2. The van der Waals surface area contributed by atoms with Crippen LogP contribution in [0.1, 0.15) is 41.8 Å². The zero-order chi connectivity index (χ0) is 30.2. The van der Waals surface area contributed by atoms with Crippen LogP contribution >= 0.6 is 0 Å². The van der Waals surface area contributed by atoms with Crippen LogP contribution in [0.4, 0.5) is 0 Å². The van der Waals surface area contributed by atoms with E-state index in [0.717, 1.165) is 18.4 Å². The number of amides is 1. The van der Waals surface area contributed by atoms with Gasteiger partial charge in [-0.1, -0.05) is 60.7 Å². The fraction of sp³-hybridized carbons (Fsp3) is 0.441. The van der Waals surface area contributed by atoms with E-state index in [1.165, 1.54) is 12.7 Å². The second-order valence-corrected chi connectivity index (χ2v) is 11.1. The van der Waals surface area contributed by atoms with Gasteiger partial charge in [0, 0.05) is 18.7 Å². The zero-order valence-electron chi connectivity index (χ0n) is 25.2. The number of carbonyl (C=O) groups excluding carboxylic acids is 1. The molecule has 0 aromatic heterocycles. The van der Waals surface area contributed by atoms with Gasteiger partial charge in [-0.2, -0.15) is 0 Å². The van der Waals surface area contributed by atoms with Crippen molar-refractivity contribution >= 4 is 5.91 Å². The Morgan fingerprint density at radius 1 is 0.907 bits per heavy atom. The minimum Gasteiger partial charge on any atom is -0.493 e. The molecule has 2 saturated heterocycles. The third kappa shape index (κ3) is 7.93. The van der Waals surface area contributed by atoms with Gasteiger partial charge in [-0.05, 0) is 56.0 Å². The van der Waals surface area contributed by atoms with Crippen LogP contribution < -0.4 is 14.8 Å². The summed E-state index contributed by atoms with van der Waals surface area (Å²) in [5, 5.41) is 3.01. The zero-order valence-corrected chi connectivity index (χ0v) is 25.2. The first-order chi connectivity index (χ1) is 20.9. The second-order valence-electron chi connectivity index (χ2n) is 11.1. The number of rotatable bonds is 14. The molecule has 2 aliphatic heterocycles. The van der Waals surface area contributed by atoms with Gasteiger partial charge in [0.1, 0.15) is 24.4 Å². The van der Waals surface area contributed by atoms with E-state index in [9.17, 15) is 4.79 Å². The smallest absolute Gasteiger partial charge is 0.251 e. The fourth-order valence-electron chi connectivity index (χ4n) is 5.45. The number of benzene rings is 3. The Kier molecular flexibility index (Phi) is 10.3. The van der Waals surface area contributed by atoms with Gasteiger partial charge in [-0.15, -0.1) is 0 Å². The van der Waals surface area contributed by atoms with Gasteiger partial charge >= 0.3 is 0 Å². The van der Waals surface area contributed by atoms with Crippen molar-refractivity contribution in [2.75, 3.05) is 27.4 Å². The molecule has 3 aromatic rings. The molecule has 9 heteroatoms. The monoisotopic (exact) mass is 591 g/mol. The van der Waals surface area contributed by atoms with E-state index in [1.54, 1.807) is 25.3 Å². The molecule has 5 rings (SSSR count). The van der Waals surface area contributed by atoms with E-state index < -0.39 is 36.5 Å². The minimum atomic E-state index is -0.798. The topological polar surface area (TPSA) is 93.7 Å². The Balaban J connectivity index is 1.31. The lowest BCUT2D eigenvalue weighted by Gasteiger charge is -2.31. The first-order valence-corrected chi connectivity index (χ1v) is 14.7. The van der Waals surface area contributed by atoms with Crippen molar-refractivity contribution in [3.05, 3.63) is 95.6 Å². The molecule has 0 unspecified atom stereocenters. The molecule has 3 aromatic carbocycles. The normalized spacial score (nSPS) is 23.0. The Morgan fingerprint density at radius 2 is 1.60 bits per heavy atom. The molecule has 1 amide bonds. The molecule has 2 aliphatic rings. The highest BCUT2D eigenvalue weighted by molar-refractivity contribution is 5.94. The second kappa shape index (κ2) is 14.3. The standard InChI is InChI=1S/C34H41NO8/c1-34(2)42-31-30(39-19-11-16-23-12-7-5-8-13-23)29(41-33(31)43-34)28(40-22-24-14-9-6-10-15-24)21-35-32(36)25-17-18-26(37-3)27(20-25)38-4/h5-10,12-15,17-18,20,28-31,33H,11,16,19,21-22H2,1-4H3,(H,35,36)/t28-,29-,30+,31-,33-/m1/s1. The highest BCUT2D eigenvalue weighted by atomic mass is 16.8. The number of methoxy groups -OCH3 is 2. The van der Waals surface area contributed by atoms with Crippen LogP contribution in [-0.4, -0.2) is 69.8 Å². The number of nitrogens with one attached hydrogen (secondary N) is 1. The summed E-state index contributed by atoms with van der Waals surface area (Å²) < 4.78 is 42.3. The lowest BCUT2D eigenvalue weighted by Crippen LogP contribution is -2.48. The molecule has 2 heterocycles. The van der Waals surface area contributed by atoms with E-state index in [1.807, 2.05) is 62.4 Å². The van der Waals surface area contributed by atoms with Gasteiger partial charge in [0.05, 0.1) is 20.8 Å². The predicted octanol–water partition coefficient (Wildman–Crippen LogP) is 4.91. The van der Waals surface area contributed by atoms with E-state index in [4.69, 9.17) is 33.2 Å². The average molecular weight is 592 g/mol. The maximum atomic E-state index is 13.2. The largest absolute Gasteiger partial charge is 0.493 e. The predicted molar refractivity (Wildman–Crippen MR) is 160 cm³/mol. The van der Waals surface area contributed by atoms with Crippen molar-refractivity contribution in [1.29, 1.82) is 0 Å². The SMILES string of the molecule is COc1ccc(C(=O)NC[C@@H](OCc2ccccc2)[C@H]2O[C@@H]3OC(C)(C)O[C@@H]3[C@H]2OCCCc2ccccc2)cc1OC. The molecule has 230 valence electrons. The van der Waals surface area contributed by atoms with Crippen LogP contribution in [0.3, 0.4) is 0 Å². The molecule has 0 bridgehead atoms. The van der Waals surface area contributed by atoms with Gasteiger partial charge in [0.15, 0.2) is 23.6 Å². The number of fused-ring (bicyclic) bond motifs is 1. The first kappa shape index (κ1) is 31.0. The van der Waals surface area contributed by atoms with Crippen molar-refractivity contribution in [3.8, 4) is 11.5 Å². The summed E-state index contributed by atoms with van der Waals surface area (Å²) in [7, 11) is 3.09. The summed E-state index contributed by atoms with van der Waals surface area (Å²) in [6.07, 6.45) is -0.862.